The smallest absolute Gasteiger partial charge is 0.00217 e. The van der Waals surface area contributed by atoms with Gasteiger partial charge in [-0.3, -0.25) is 0 Å². The van der Waals surface area contributed by atoms with Crippen molar-refractivity contribution in [1.82, 2.24) is 4.90 Å². The maximum absolute atomic E-state index is 2.29. The average Bonchev–Trinajstić information content (AvgIpc) is 2.08. The summed E-state index contributed by atoms with van der Waals surface area (Å²) in [7, 11) is 4.27. The van der Waals surface area contributed by atoms with Crippen molar-refractivity contribution in [2.45, 2.75) is 33.6 Å². The Kier molecular flexibility index (Phi) is 4.34. The van der Waals surface area contributed by atoms with Gasteiger partial charge in [-0.05, 0) is 70.9 Å². The fourth-order valence-electron chi connectivity index (χ4n) is 2.18. The van der Waals surface area contributed by atoms with Gasteiger partial charge in [0.25, 0.3) is 0 Å². The summed E-state index contributed by atoms with van der Waals surface area (Å²) in [6.07, 6.45) is 2.45. The molecule has 0 amide bonds. The number of hydrogen-bond donors (Lipinski definition) is 0. The highest BCUT2D eigenvalue weighted by atomic mass is 15.0. The lowest BCUT2D eigenvalue weighted by atomic mass is 9.96. The first-order valence-corrected chi connectivity index (χ1v) is 5.72. The van der Waals surface area contributed by atoms with Crippen LogP contribution in [0.25, 0.3) is 0 Å². The lowest BCUT2D eigenvalue weighted by molar-refractivity contribution is 0.400. The van der Waals surface area contributed by atoms with E-state index in [9.17, 15) is 0 Å². The van der Waals surface area contributed by atoms with Crippen LogP contribution in [0.2, 0.25) is 0 Å². The first-order chi connectivity index (χ1) is 7.00. The molecule has 1 aromatic carbocycles. The lowest BCUT2D eigenvalue weighted by Gasteiger charge is -2.13. The Morgan fingerprint density at radius 2 is 1.53 bits per heavy atom. The van der Waals surface area contributed by atoms with Gasteiger partial charge in [-0.25, -0.2) is 0 Å². The molecule has 0 atom stereocenters. The molecule has 0 aromatic heterocycles. The minimum absolute atomic E-state index is 1.17. The maximum Gasteiger partial charge on any atom is -0.00217 e. The van der Waals surface area contributed by atoms with Gasteiger partial charge in [0.05, 0.1) is 0 Å². The quantitative estimate of drug-likeness (QED) is 0.730. The zero-order valence-electron chi connectivity index (χ0n) is 10.7. The second kappa shape index (κ2) is 5.32. The predicted octanol–water partition coefficient (Wildman–Crippen LogP) is 3.11. The number of rotatable bonds is 4. The number of benzene rings is 1. The third kappa shape index (κ3) is 3.67. The van der Waals surface area contributed by atoms with Gasteiger partial charge in [0.1, 0.15) is 0 Å². The van der Waals surface area contributed by atoms with Crippen LogP contribution in [0.4, 0.5) is 0 Å². The molecule has 0 spiro atoms. The molecule has 0 N–H and O–H groups in total. The van der Waals surface area contributed by atoms with Crippen molar-refractivity contribution < 1.29 is 0 Å². The molecule has 0 fully saturated rings. The van der Waals surface area contributed by atoms with E-state index < -0.39 is 0 Å². The van der Waals surface area contributed by atoms with Crippen LogP contribution in [0.15, 0.2) is 12.1 Å². The van der Waals surface area contributed by atoms with Crippen molar-refractivity contribution in [3.05, 3.63) is 34.4 Å². The van der Waals surface area contributed by atoms with Gasteiger partial charge in [0.15, 0.2) is 0 Å². The molecule has 1 aromatic rings. The van der Waals surface area contributed by atoms with Crippen molar-refractivity contribution >= 4 is 0 Å². The van der Waals surface area contributed by atoms with Crippen LogP contribution in [-0.4, -0.2) is 25.5 Å². The molecule has 0 aliphatic heterocycles. The highest BCUT2D eigenvalue weighted by Crippen LogP contribution is 2.17. The third-order valence-corrected chi connectivity index (χ3v) is 2.87. The minimum atomic E-state index is 1.17. The molecule has 0 bridgehead atoms. The topological polar surface area (TPSA) is 3.24 Å². The van der Waals surface area contributed by atoms with Gasteiger partial charge in [-0.2, -0.15) is 0 Å². The van der Waals surface area contributed by atoms with Crippen LogP contribution >= 0.6 is 0 Å². The monoisotopic (exact) mass is 205 g/mol. The summed E-state index contributed by atoms with van der Waals surface area (Å²) in [5.41, 5.74) is 5.82. The molecule has 0 aliphatic carbocycles. The molecular weight excluding hydrogens is 182 g/mol. The molecule has 1 nitrogen and oxygen atoms in total. The van der Waals surface area contributed by atoms with E-state index in [1.807, 2.05) is 0 Å². The van der Waals surface area contributed by atoms with Gasteiger partial charge in [0.2, 0.25) is 0 Å². The second-order valence-electron chi connectivity index (χ2n) is 4.78. The standard InChI is InChI=1S/C14H23N/c1-11-9-12(2)14(13(3)10-11)7-6-8-15(4)5/h9-10H,6-8H2,1-5H3. The Morgan fingerprint density at radius 3 is 2.00 bits per heavy atom. The fraction of sp³-hybridized carbons (Fsp3) is 0.571. The normalized spacial score (nSPS) is 11.1. The van der Waals surface area contributed by atoms with E-state index in [4.69, 9.17) is 0 Å². The largest absolute Gasteiger partial charge is 0.309 e. The van der Waals surface area contributed by atoms with Crippen LogP contribution in [0.1, 0.15) is 28.7 Å². The fourth-order valence-corrected chi connectivity index (χ4v) is 2.18. The summed E-state index contributed by atoms with van der Waals surface area (Å²) >= 11 is 0. The summed E-state index contributed by atoms with van der Waals surface area (Å²) in [6.45, 7) is 7.80. The summed E-state index contributed by atoms with van der Waals surface area (Å²) in [6, 6.07) is 4.58. The van der Waals surface area contributed by atoms with Crippen LogP contribution in [0, 0.1) is 20.8 Å². The van der Waals surface area contributed by atoms with Crippen molar-refractivity contribution in [3.63, 3.8) is 0 Å². The molecule has 0 aliphatic rings. The Labute approximate surface area is 94.1 Å². The van der Waals surface area contributed by atoms with Crippen LogP contribution in [-0.2, 0) is 6.42 Å². The number of hydrogen-bond acceptors (Lipinski definition) is 1. The van der Waals surface area contributed by atoms with E-state index in [1.54, 1.807) is 5.56 Å². The highest BCUT2D eigenvalue weighted by molar-refractivity contribution is 5.37. The Balaban J connectivity index is 2.68. The van der Waals surface area contributed by atoms with E-state index in [1.165, 1.54) is 36.1 Å². The van der Waals surface area contributed by atoms with Crippen LogP contribution in [0.3, 0.4) is 0 Å². The number of aryl methyl sites for hydroxylation is 3. The van der Waals surface area contributed by atoms with Gasteiger partial charge in [-0.15, -0.1) is 0 Å². The first-order valence-electron chi connectivity index (χ1n) is 5.72. The van der Waals surface area contributed by atoms with E-state index in [0.717, 1.165) is 0 Å². The molecule has 1 rings (SSSR count). The van der Waals surface area contributed by atoms with Crippen molar-refractivity contribution in [2.24, 2.45) is 0 Å². The number of nitrogens with zero attached hydrogens (tertiary/aromatic N) is 1. The minimum Gasteiger partial charge on any atom is -0.309 e. The summed E-state index contributed by atoms with van der Waals surface area (Å²) in [4.78, 5) is 2.25. The predicted molar refractivity (Wildman–Crippen MR) is 67.5 cm³/mol. The Hall–Kier alpha value is -0.820. The first kappa shape index (κ1) is 12.3. The summed E-state index contributed by atoms with van der Waals surface area (Å²) < 4.78 is 0. The molecule has 15 heavy (non-hydrogen) atoms. The third-order valence-electron chi connectivity index (χ3n) is 2.87. The van der Waals surface area contributed by atoms with Crippen molar-refractivity contribution in [2.75, 3.05) is 20.6 Å². The van der Waals surface area contributed by atoms with Crippen LogP contribution in [0.5, 0.6) is 0 Å². The molecule has 84 valence electrons. The SMILES string of the molecule is Cc1cc(C)c(CCCN(C)C)c(C)c1. The molecule has 0 unspecified atom stereocenters. The molecule has 0 radical (unpaired) electrons. The van der Waals surface area contributed by atoms with E-state index in [-0.39, 0.29) is 0 Å². The van der Waals surface area contributed by atoms with E-state index in [0.29, 0.717) is 0 Å². The van der Waals surface area contributed by atoms with Gasteiger partial charge >= 0.3 is 0 Å². The Bertz CT molecular complexity index is 303. The van der Waals surface area contributed by atoms with Gasteiger partial charge < -0.3 is 4.90 Å². The van der Waals surface area contributed by atoms with Crippen molar-refractivity contribution in [3.8, 4) is 0 Å². The van der Waals surface area contributed by atoms with Crippen molar-refractivity contribution in [1.29, 1.82) is 0 Å². The van der Waals surface area contributed by atoms with Crippen LogP contribution < -0.4 is 0 Å². The lowest BCUT2D eigenvalue weighted by Crippen LogP contribution is -2.14. The maximum atomic E-state index is 2.29. The zero-order chi connectivity index (χ0) is 11.4. The van der Waals surface area contributed by atoms with Gasteiger partial charge in [0, 0.05) is 0 Å². The molecule has 0 saturated carbocycles. The van der Waals surface area contributed by atoms with E-state index in [2.05, 4.69) is 51.9 Å². The van der Waals surface area contributed by atoms with E-state index >= 15 is 0 Å². The summed E-state index contributed by atoms with van der Waals surface area (Å²) in [5, 5.41) is 0. The molecule has 0 heterocycles. The van der Waals surface area contributed by atoms with Gasteiger partial charge in [-0.1, -0.05) is 17.7 Å². The molecule has 1 heteroatoms. The second-order valence-corrected chi connectivity index (χ2v) is 4.78. The average molecular weight is 205 g/mol. The summed E-state index contributed by atoms with van der Waals surface area (Å²) in [5.74, 6) is 0. The Morgan fingerprint density at radius 1 is 1.00 bits per heavy atom. The molecule has 0 saturated heterocycles. The zero-order valence-corrected chi connectivity index (χ0v) is 10.7. The highest BCUT2D eigenvalue weighted by Gasteiger charge is 2.03. The molecular formula is C14H23N.